The van der Waals surface area contributed by atoms with Gasteiger partial charge in [0.1, 0.15) is 22.7 Å². The number of hydrogen-bond donors (Lipinski definition) is 3. The first-order chi connectivity index (χ1) is 17.2. The molecule has 0 spiro atoms. The fraction of sp³-hybridized carbons (Fsp3) is 0.417. The van der Waals surface area contributed by atoms with Gasteiger partial charge in [0.05, 0.1) is 24.1 Å². The second kappa shape index (κ2) is 12.0. The summed E-state index contributed by atoms with van der Waals surface area (Å²) in [6.07, 6.45) is 2.75. The molecule has 1 aliphatic rings. The van der Waals surface area contributed by atoms with Crippen LogP contribution in [0.2, 0.25) is 0 Å². The molecular formula is C24H29F3N6O2S. The zero-order chi connectivity index (χ0) is 26.3. The van der Waals surface area contributed by atoms with Crippen molar-refractivity contribution in [1.29, 1.82) is 5.41 Å². The van der Waals surface area contributed by atoms with Crippen molar-refractivity contribution in [3.05, 3.63) is 34.5 Å². The van der Waals surface area contributed by atoms with E-state index in [0.717, 1.165) is 39.5 Å². The molecule has 1 aliphatic carbocycles. The first kappa shape index (κ1) is 27.2. The molecule has 0 fully saturated rings. The Morgan fingerprint density at radius 2 is 2.03 bits per heavy atom. The van der Waals surface area contributed by atoms with E-state index in [9.17, 15) is 18.0 Å². The van der Waals surface area contributed by atoms with Crippen molar-refractivity contribution < 1.29 is 22.7 Å². The van der Waals surface area contributed by atoms with E-state index in [4.69, 9.17) is 15.9 Å². The van der Waals surface area contributed by atoms with Crippen LogP contribution in [0.1, 0.15) is 42.2 Å². The molecule has 0 unspecified atom stereocenters. The number of aromatic nitrogens is 2. The van der Waals surface area contributed by atoms with Gasteiger partial charge in [-0.1, -0.05) is 0 Å². The SMILES string of the molecule is CCOc1cc(N)c(C=N)cc1Nc1ncnc2sc3c(c12)CCCC3.CN(C=O)CCC(F)(F)F. The third kappa shape index (κ3) is 6.84. The summed E-state index contributed by atoms with van der Waals surface area (Å²) >= 11 is 1.77. The van der Waals surface area contributed by atoms with Crippen molar-refractivity contribution in [3.63, 3.8) is 0 Å². The second-order valence-corrected chi connectivity index (χ2v) is 9.33. The number of nitrogens with zero attached hydrogens (tertiary/aromatic N) is 3. The van der Waals surface area contributed by atoms with Crippen molar-refractivity contribution >= 4 is 51.4 Å². The first-order valence-corrected chi connectivity index (χ1v) is 12.3. The van der Waals surface area contributed by atoms with Gasteiger partial charge < -0.3 is 26.1 Å². The predicted molar refractivity (Wildman–Crippen MR) is 137 cm³/mol. The number of fused-ring (bicyclic) bond motifs is 3. The highest BCUT2D eigenvalue weighted by Crippen LogP contribution is 2.40. The molecule has 0 atom stereocenters. The largest absolute Gasteiger partial charge is 0.492 e. The summed E-state index contributed by atoms with van der Waals surface area (Å²) in [7, 11) is 1.30. The fourth-order valence-corrected chi connectivity index (χ4v) is 5.01. The van der Waals surface area contributed by atoms with Gasteiger partial charge in [-0.2, -0.15) is 13.2 Å². The van der Waals surface area contributed by atoms with Crippen LogP contribution in [0.3, 0.4) is 0 Å². The summed E-state index contributed by atoms with van der Waals surface area (Å²) in [6.45, 7) is 2.20. The molecule has 194 valence electrons. The van der Waals surface area contributed by atoms with Crippen LogP contribution in [-0.4, -0.2) is 53.9 Å². The molecule has 36 heavy (non-hydrogen) atoms. The van der Waals surface area contributed by atoms with Crippen LogP contribution in [0.15, 0.2) is 18.5 Å². The Labute approximate surface area is 211 Å². The van der Waals surface area contributed by atoms with Gasteiger partial charge in [-0.05, 0) is 44.2 Å². The lowest BCUT2D eigenvalue weighted by Gasteiger charge is -2.16. The molecule has 12 heteroatoms. The summed E-state index contributed by atoms with van der Waals surface area (Å²) in [5, 5.41) is 12.1. The van der Waals surface area contributed by atoms with E-state index in [0.29, 0.717) is 30.0 Å². The second-order valence-electron chi connectivity index (χ2n) is 8.24. The van der Waals surface area contributed by atoms with Crippen LogP contribution < -0.4 is 15.8 Å². The van der Waals surface area contributed by atoms with E-state index in [1.807, 2.05) is 13.0 Å². The van der Waals surface area contributed by atoms with Gasteiger partial charge in [-0.3, -0.25) is 4.79 Å². The molecule has 2 aromatic heterocycles. The third-order valence-electron chi connectivity index (χ3n) is 5.57. The predicted octanol–water partition coefficient (Wildman–Crippen LogP) is 5.32. The molecule has 1 amide bonds. The lowest BCUT2D eigenvalue weighted by molar-refractivity contribution is -0.139. The Hall–Kier alpha value is -3.41. The van der Waals surface area contributed by atoms with Gasteiger partial charge in [-0.15, -0.1) is 11.3 Å². The average molecular weight is 523 g/mol. The highest BCUT2D eigenvalue weighted by Gasteiger charge is 2.26. The molecule has 4 rings (SSSR count). The van der Waals surface area contributed by atoms with Gasteiger partial charge in [0, 0.05) is 42.0 Å². The topological polar surface area (TPSA) is 117 Å². The number of halogens is 3. The first-order valence-electron chi connectivity index (χ1n) is 11.5. The zero-order valence-corrected chi connectivity index (χ0v) is 20.9. The number of nitrogen functional groups attached to an aromatic ring is 1. The molecular weight excluding hydrogens is 493 g/mol. The molecule has 0 radical (unpaired) electrons. The molecule has 0 aliphatic heterocycles. The van der Waals surface area contributed by atoms with Crippen LogP contribution in [0, 0.1) is 5.41 Å². The Morgan fingerprint density at radius 1 is 1.28 bits per heavy atom. The Bertz CT molecular complexity index is 1210. The van der Waals surface area contributed by atoms with E-state index in [1.165, 1.54) is 36.5 Å². The number of alkyl halides is 3. The lowest BCUT2D eigenvalue weighted by Crippen LogP contribution is -2.22. The van der Waals surface area contributed by atoms with Crippen molar-refractivity contribution in [2.24, 2.45) is 0 Å². The normalized spacial score (nSPS) is 12.8. The monoisotopic (exact) mass is 522 g/mol. The molecule has 0 saturated carbocycles. The molecule has 2 heterocycles. The number of ether oxygens (including phenoxy) is 1. The van der Waals surface area contributed by atoms with Crippen LogP contribution in [-0.2, 0) is 17.6 Å². The highest BCUT2D eigenvalue weighted by atomic mass is 32.1. The van der Waals surface area contributed by atoms with Crippen molar-refractivity contribution in [2.45, 2.75) is 45.2 Å². The molecule has 0 bridgehead atoms. The minimum atomic E-state index is -4.17. The number of nitrogens with two attached hydrogens (primary N) is 1. The number of carbonyl (C=O) groups excluding carboxylic acids is 1. The third-order valence-corrected chi connectivity index (χ3v) is 6.77. The van der Waals surface area contributed by atoms with Crippen molar-refractivity contribution in [3.8, 4) is 5.75 Å². The summed E-state index contributed by atoms with van der Waals surface area (Å²) in [5.74, 6) is 1.45. The molecule has 8 nitrogen and oxygen atoms in total. The number of thiophene rings is 1. The van der Waals surface area contributed by atoms with Gasteiger partial charge in [-0.25, -0.2) is 9.97 Å². The number of aryl methyl sites for hydroxylation is 2. The quantitative estimate of drug-likeness (QED) is 0.209. The minimum Gasteiger partial charge on any atom is -0.492 e. The maximum absolute atomic E-state index is 11.4. The Balaban J connectivity index is 0.000000308. The number of anilines is 3. The number of rotatable bonds is 8. The molecule has 4 N–H and O–H groups in total. The number of nitrogens with one attached hydrogen (secondary N) is 2. The molecule has 3 aromatic rings. The van der Waals surface area contributed by atoms with Gasteiger partial charge >= 0.3 is 6.18 Å². The van der Waals surface area contributed by atoms with E-state index in [1.54, 1.807) is 23.7 Å². The maximum atomic E-state index is 11.4. The van der Waals surface area contributed by atoms with Gasteiger partial charge in [0.2, 0.25) is 6.41 Å². The number of benzene rings is 1. The zero-order valence-electron chi connectivity index (χ0n) is 20.1. The van der Waals surface area contributed by atoms with Crippen LogP contribution in [0.5, 0.6) is 5.75 Å². The highest BCUT2D eigenvalue weighted by molar-refractivity contribution is 7.19. The molecule has 0 saturated heterocycles. The van der Waals surface area contributed by atoms with E-state index in [-0.39, 0.29) is 6.54 Å². The number of amides is 1. The summed E-state index contributed by atoms with van der Waals surface area (Å²) in [6, 6.07) is 3.59. The van der Waals surface area contributed by atoms with E-state index < -0.39 is 12.6 Å². The van der Waals surface area contributed by atoms with E-state index in [2.05, 4.69) is 15.3 Å². The van der Waals surface area contributed by atoms with Crippen LogP contribution >= 0.6 is 11.3 Å². The van der Waals surface area contributed by atoms with Crippen LogP contribution in [0.4, 0.5) is 30.4 Å². The Kier molecular flexibility index (Phi) is 9.08. The van der Waals surface area contributed by atoms with Gasteiger partial charge in [0.25, 0.3) is 0 Å². The number of carbonyl (C=O) groups is 1. The molecule has 1 aromatic carbocycles. The summed E-state index contributed by atoms with van der Waals surface area (Å²) in [5.41, 5.74) is 9.31. The number of hydrogen-bond acceptors (Lipinski definition) is 8. The maximum Gasteiger partial charge on any atom is 0.390 e. The van der Waals surface area contributed by atoms with Gasteiger partial charge in [0.15, 0.2) is 0 Å². The van der Waals surface area contributed by atoms with Crippen molar-refractivity contribution in [1.82, 2.24) is 14.9 Å². The minimum absolute atomic E-state index is 0.271. The standard InChI is InChI=1S/C19H21N5OS.C5H8F3NO/c1-2-25-15-8-13(21)11(9-20)7-14(15)24-18-17-12-5-3-4-6-16(12)26-19(17)23-10-22-18;1-9(4-10)3-2-5(6,7)8/h7-10,20H,2-6,21H2,1H3,(H,22,23,24);4H,2-3H2,1H3. The van der Waals surface area contributed by atoms with Crippen LogP contribution in [0.25, 0.3) is 10.2 Å². The average Bonchev–Trinajstić information content (AvgIpc) is 3.24. The van der Waals surface area contributed by atoms with Crippen molar-refractivity contribution in [2.75, 3.05) is 31.2 Å². The summed E-state index contributed by atoms with van der Waals surface area (Å²) < 4.78 is 40.0. The smallest absolute Gasteiger partial charge is 0.390 e. The summed E-state index contributed by atoms with van der Waals surface area (Å²) in [4.78, 5) is 22.2. The lowest BCUT2D eigenvalue weighted by atomic mass is 9.97. The fourth-order valence-electron chi connectivity index (χ4n) is 3.78. The Morgan fingerprint density at radius 3 is 2.69 bits per heavy atom. The van der Waals surface area contributed by atoms with E-state index >= 15 is 0 Å².